The second-order valence-electron chi connectivity index (χ2n) is 9.39. The van der Waals surface area contributed by atoms with Crippen LogP contribution >= 0.6 is 0 Å². The van der Waals surface area contributed by atoms with Crippen molar-refractivity contribution in [3.8, 4) is 0 Å². The topological polar surface area (TPSA) is 71.7 Å². The molecule has 4 rings (SSSR count). The van der Waals surface area contributed by atoms with Crippen molar-refractivity contribution in [3.63, 3.8) is 0 Å². The van der Waals surface area contributed by atoms with E-state index in [0.717, 1.165) is 38.4 Å². The maximum atomic E-state index is 6.02. The van der Waals surface area contributed by atoms with Crippen molar-refractivity contribution in [2.45, 2.75) is 76.3 Å². The van der Waals surface area contributed by atoms with Gasteiger partial charge in [0.1, 0.15) is 5.84 Å². The maximum absolute atomic E-state index is 6.02. The van der Waals surface area contributed by atoms with Crippen molar-refractivity contribution in [3.05, 3.63) is 35.9 Å². The Hall–Kier alpha value is -1.43. The molecule has 0 spiro atoms. The first-order valence-corrected chi connectivity index (χ1v) is 11.7. The van der Waals surface area contributed by atoms with Gasteiger partial charge in [-0.2, -0.15) is 0 Å². The number of nitrogens with one attached hydrogen (secondary N) is 2. The van der Waals surface area contributed by atoms with E-state index in [1.54, 1.807) is 0 Å². The monoisotopic (exact) mass is 398 g/mol. The molecule has 160 valence electrons. The third-order valence-corrected chi connectivity index (χ3v) is 7.23. The zero-order valence-corrected chi connectivity index (χ0v) is 17.9. The van der Waals surface area contributed by atoms with E-state index in [0.29, 0.717) is 23.9 Å². The van der Waals surface area contributed by atoms with Gasteiger partial charge in [0, 0.05) is 36.5 Å². The molecule has 0 aliphatic heterocycles. The molecular weight excluding hydrogens is 360 g/mol. The van der Waals surface area contributed by atoms with Gasteiger partial charge in [-0.1, -0.05) is 36.8 Å². The Morgan fingerprint density at radius 1 is 1.17 bits per heavy atom. The lowest BCUT2D eigenvalue weighted by molar-refractivity contribution is 0.0327. The van der Waals surface area contributed by atoms with Crippen LogP contribution in [0.1, 0.15) is 69.8 Å². The Kier molecular flexibility index (Phi) is 6.88. The van der Waals surface area contributed by atoms with Crippen LogP contribution in [0, 0.1) is 11.3 Å². The average Bonchev–Trinajstić information content (AvgIpc) is 3.49. The molecule has 3 saturated carbocycles. The summed E-state index contributed by atoms with van der Waals surface area (Å²) in [6, 6.07) is 11.9. The first-order chi connectivity index (χ1) is 14.2. The molecule has 3 aliphatic carbocycles. The second-order valence-corrected chi connectivity index (χ2v) is 9.39. The highest BCUT2D eigenvalue weighted by Crippen LogP contribution is 2.45. The molecule has 0 heterocycles. The van der Waals surface area contributed by atoms with Crippen LogP contribution in [0.4, 0.5) is 0 Å². The van der Waals surface area contributed by atoms with E-state index in [2.05, 4.69) is 48.1 Å². The second kappa shape index (κ2) is 9.59. The largest absolute Gasteiger partial charge is 0.328 e. The van der Waals surface area contributed by atoms with Gasteiger partial charge < -0.3 is 11.1 Å². The summed E-state index contributed by atoms with van der Waals surface area (Å²) in [5.74, 6) is 2.35. The molecule has 1 aromatic rings. The molecule has 4 N–H and O–H groups in total. The molecule has 3 aliphatic rings. The Bertz CT molecular complexity index is 665. The molecule has 2 atom stereocenters. The number of nitrogens with zero attached hydrogens (tertiary/aromatic N) is 1. The number of hydrogen-bond donors (Lipinski definition) is 3. The first kappa shape index (κ1) is 20.8. The highest BCUT2D eigenvalue weighted by Gasteiger charge is 2.45. The van der Waals surface area contributed by atoms with E-state index in [4.69, 9.17) is 15.6 Å². The summed E-state index contributed by atoms with van der Waals surface area (Å²) in [5, 5.41) is 3.84. The zero-order chi connectivity index (χ0) is 20.1. The number of benzene rings is 1. The standard InChI is InChI=1S/C24H38N4O/c1-2-26-23(28-29-16-18-9-11-20(25)12-10-18)24(13-6-14-24)17-27-22-15-21(22)19-7-4-3-5-8-19/h3-5,7-8,18,20-22,27H,2,6,9-17,25H2,1H3,(H,26,28)/t18?,20?,21-,22+/m0/s1. The van der Waals surface area contributed by atoms with E-state index < -0.39 is 0 Å². The number of hydroxylamine groups is 1. The van der Waals surface area contributed by atoms with Crippen molar-refractivity contribution in [1.29, 1.82) is 0 Å². The van der Waals surface area contributed by atoms with Crippen LogP contribution in [-0.4, -0.2) is 37.6 Å². The summed E-state index contributed by atoms with van der Waals surface area (Å²) in [6.45, 7) is 4.66. The Morgan fingerprint density at radius 3 is 2.59 bits per heavy atom. The van der Waals surface area contributed by atoms with Crippen LogP contribution < -0.4 is 16.5 Å². The molecule has 5 heteroatoms. The molecule has 29 heavy (non-hydrogen) atoms. The predicted octanol–water partition coefficient (Wildman–Crippen LogP) is 3.76. The van der Waals surface area contributed by atoms with Gasteiger partial charge in [0.25, 0.3) is 0 Å². The molecule has 3 fully saturated rings. The van der Waals surface area contributed by atoms with E-state index in [9.17, 15) is 0 Å². The van der Waals surface area contributed by atoms with E-state index in [1.807, 2.05) is 0 Å². The molecule has 0 aromatic heterocycles. The number of nitrogens with two attached hydrogens (primary N) is 1. The van der Waals surface area contributed by atoms with Gasteiger partial charge in [-0.3, -0.25) is 15.3 Å². The molecule has 0 saturated heterocycles. The highest BCUT2D eigenvalue weighted by atomic mass is 16.6. The van der Waals surface area contributed by atoms with Crippen molar-refractivity contribution in [2.75, 3.05) is 19.7 Å². The fraction of sp³-hybridized carbons (Fsp3) is 0.708. The van der Waals surface area contributed by atoms with Gasteiger partial charge in [0.15, 0.2) is 0 Å². The fourth-order valence-electron chi connectivity index (χ4n) is 4.97. The fourth-order valence-corrected chi connectivity index (χ4v) is 4.97. The smallest absolute Gasteiger partial charge is 0.128 e. The summed E-state index contributed by atoms with van der Waals surface area (Å²) in [7, 11) is 0. The third kappa shape index (κ3) is 5.19. The van der Waals surface area contributed by atoms with Crippen molar-refractivity contribution in [1.82, 2.24) is 10.8 Å². The Balaban J connectivity index is 1.27. The molecule has 0 radical (unpaired) electrons. The van der Waals surface area contributed by atoms with Crippen molar-refractivity contribution < 1.29 is 4.84 Å². The molecule has 0 amide bonds. The minimum atomic E-state index is 0.120. The van der Waals surface area contributed by atoms with E-state index in [1.165, 1.54) is 44.1 Å². The lowest BCUT2D eigenvalue weighted by Crippen LogP contribution is -2.52. The van der Waals surface area contributed by atoms with Crippen LogP contribution in [0.2, 0.25) is 0 Å². The van der Waals surface area contributed by atoms with Crippen LogP contribution in [0.15, 0.2) is 35.3 Å². The normalized spacial score (nSPS) is 31.2. The minimum absolute atomic E-state index is 0.120. The zero-order valence-electron chi connectivity index (χ0n) is 17.9. The maximum Gasteiger partial charge on any atom is 0.128 e. The third-order valence-electron chi connectivity index (χ3n) is 7.23. The van der Waals surface area contributed by atoms with Gasteiger partial charge in [-0.15, -0.1) is 0 Å². The number of aliphatic imine (C=N–C) groups is 1. The van der Waals surface area contributed by atoms with Gasteiger partial charge in [-0.25, -0.2) is 0 Å². The van der Waals surface area contributed by atoms with Gasteiger partial charge >= 0.3 is 0 Å². The van der Waals surface area contributed by atoms with Crippen LogP contribution in [0.25, 0.3) is 0 Å². The molecule has 5 nitrogen and oxygen atoms in total. The average molecular weight is 399 g/mol. The molecule has 0 bridgehead atoms. The lowest BCUT2D eigenvalue weighted by Gasteiger charge is -2.43. The van der Waals surface area contributed by atoms with Crippen LogP contribution in [0.3, 0.4) is 0 Å². The summed E-state index contributed by atoms with van der Waals surface area (Å²) >= 11 is 0. The van der Waals surface area contributed by atoms with Gasteiger partial charge in [-0.05, 0) is 63.4 Å². The Labute approximate surface area is 175 Å². The van der Waals surface area contributed by atoms with E-state index >= 15 is 0 Å². The highest BCUT2D eigenvalue weighted by molar-refractivity contribution is 5.88. The molecule has 1 aromatic carbocycles. The first-order valence-electron chi connectivity index (χ1n) is 11.7. The lowest BCUT2D eigenvalue weighted by atomic mass is 9.67. The number of amidine groups is 1. The van der Waals surface area contributed by atoms with Gasteiger partial charge in [0.05, 0.1) is 6.61 Å². The summed E-state index contributed by atoms with van der Waals surface area (Å²) in [6.07, 6.45) is 9.51. The quantitative estimate of drug-likeness (QED) is 0.336. The molecule has 0 unspecified atom stereocenters. The number of hydrogen-bond acceptors (Lipinski definition) is 4. The van der Waals surface area contributed by atoms with Gasteiger partial charge in [0.2, 0.25) is 0 Å². The Morgan fingerprint density at radius 2 is 1.93 bits per heavy atom. The van der Waals surface area contributed by atoms with Crippen LogP contribution in [0.5, 0.6) is 0 Å². The minimum Gasteiger partial charge on any atom is -0.328 e. The summed E-state index contributed by atoms with van der Waals surface area (Å²) in [5.41, 5.74) is 10.9. The SMILES string of the molecule is CCN=C(NOCC1CCC(N)CC1)C1(CN[C@@H]2C[C@H]2c2ccccc2)CCC1. The summed E-state index contributed by atoms with van der Waals surface area (Å²) < 4.78 is 0. The van der Waals surface area contributed by atoms with Crippen molar-refractivity contribution >= 4 is 5.84 Å². The number of rotatable bonds is 9. The predicted molar refractivity (Wildman–Crippen MR) is 119 cm³/mol. The van der Waals surface area contributed by atoms with Crippen molar-refractivity contribution in [2.24, 2.45) is 22.1 Å². The molecular formula is C24H38N4O. The van der Waals surface area contributed by atoms with Crippen LogP contribution in [-0.2, 0) is 4.84 Å². The summed E-state index contributed by atoms with van der Waals surface area (Å²) in [4.78, 5) is 10.8. The van der Waals surface area contributed by atoms with E-state index in [-0.39, 0.29) is 5.41 Å².